The van der Waals surface area contributed by atoms with E-state index in [1.54, 1.807) is 11.3 Å². The average Bonchev–Trinajstić information content (AvgIpc) is 3.06. The molecule has 0 bridgehead atoms. The van der Waals surface area contributed by atoms with E-state index in [2.05, 4.69) is 28.9 Å². The highest BCUT2D eigenvalue weighted by Crippen LogP contribution is 2.25. The van der Waals surface area contributed by atoms with Crippen molar-refractivity contribution in [1.29, 1.82) is 0 Å². The quantitative estimate of drug-likeness (QED) is 0.807. The van der Waals surface area contributed by atoms with Gasteiger partial charge in [0.2, 0.25) is 5.91 Å². The van der Waals surface area contributed by atoms with E-state index in [4.69, 9.17) is 0 Å². The Morgan fingerprint density at radius 3 is 2.65 bits per heavy atom. The number of benzene rings is 1. The van der Waals surface area contributed by atoms with Crippen molar-refractivity contribution in [2.75, 3.05) is 6.54 Å². The highest BCUT2D eigenvalue weighted by molar-refractivity contribution is 7.13. The van der Waals surface area contributed by atoms with Gasteiger partial charge in [-0.2, -0.15) is 0 Å². The molecule has 3 nitrogen and oxygen atoms in total. The van der Waals surface area contributed by atoms with Crippen LogP contribution in [0.2, 0.25) is 0 Å². The van der Waals surface area contributed by atoms with E-state index in [1.165, 1.54) is 19.3 Å². The van der Waals surface area contributed by atoms with Crippen molar-refractivity contribution in [3.8, 4) is 10.6 Å². The van der Waals surface area contributed by atoms with Crippen LogP contribution in [0.25, 0.3) is 10.6 Å². The molecule has 23 heavy (non-hydrogen) atoms. The number of carbonyl (C=O) groups is 1. The zero-order valence-corrected chi connectivity index (χ0v) is 14.5. The summed E-state index contributed by atoms with van der Waals surface area (Å²) in [5.74, 6) is 0.226. The van der Waals surface area contributed by atoms with Gasteiger partial charge in [-0.05, 0) is 19.8 Å². The summed E-state index contributed by atoms with van der Waals surface area (Å²) in [6.45, 7) is 2.89. The number of hydrogen-bond acceptors (Lipinski definition) is 3. The molecule has 0 atom stereocenters. The Labute approximate surface area is 142 Å². The van der Waals surface area contributed by atoms with E-state index in [-0.39, 0.29) is 5.91 Å². The number of aromatic nitrogens is 1. The number of likely N-dealkylation sites (N-methyl/N-ethyl adjacent to an activating group) is 1. The summed E-state index contributed by atoms with van der Waals surface area (Å²) < 4.78 is 0. The fourth-order valence-corrected chi connectivity index (χ4v) is 4.21. The van der Waals surface area contributed by atoms with E-state index in [1.807, 2.05) is 23.6 Å². The molecular weight excluding hydrogens is 304 g/mol. The lowest BCUT2D eigenvalue weighted by Crippen LogP contribution is -2.42. The molecule has 0 saturated heterocycles. The predicted octanol–water partition coefficient (Wildman–Crippen LogP) is 4.53. The number of thiazole rings is 1. The Morgan fingerprint density at radius 2 is 1.96 bits per heavy atom. The largest absolute Gasteiger partial charge is 0.340 e. The van der Waals surface area contributed by atoms with Gasteiger partial charge in [-0.3, -0.25) is 4.79 Å². The predicted molar refractivity (Wildman–Crippen MR) is 95.5 cm³/mol. The number of carbonyl (C=O) groups excluding carboxylic acids is 1. The summed E-state index contributed by atoms with van der Waals surface area (Å²) in [5.41, 5.74) is 2.02. The molecule has 1 saturated carbocycles. The minimum Gasteiger partial charge on any atom is -0.340 e. The fourth-order valence-electron chi connectivity index (χ4n) is 3.39. The highest BCUT2D eigenvalue weighted by atomic mass is 32.1. The van der Waals surface area contributed by atoms with Crippen molar-refractivity contribution >= 4 is 17.2 Å². The summed E-state index contributed by atoms with van der Waals surface area (Å²) in [6, 6.07) is 10.6. The molecule has 3 rings (SSSR count). The monoisotopic (exact) mass is 328 g/mol. The smallest absolute Gasteiger partial charge is 0.228 e. The first-order chi connectivity index (χ1) is 11.3. The number of amides is 1. The van der Waals surface area contributed by atoms with Gasteiger partial charge in [0.15, 0.2) is 0 Å². The van der Waals surface area contributed by atoms with E-state index in [0.29, 0.717) is 12.5 Å². The Balaban J connectivity index is 1.66. The van der Waals surface area contributed by atoms with Crippen LogP contribution in [0, 0.1) is 0 Å². The van der Waals surface area contributed by atoms with Gasteiger partial charge in [0.1, 0.15) is 5.01 Å². The maximum Gasteiger partial charge on any atom is 0.228 e. The summed E-state index contributed by atoms with van der Waals surface area (Å²) in [5, 5.41) is 3.02. The van der Waals surface area contributed by atoms with Crippen LogP contribution in [-0.4, -0.2) is 28.4 Å². The van der Waals surface area contributed by atoms with E-state index in [0.717, 1.165) is 35.7 Å². The molecule has 1 aromatic heterocycles. The summed E-state index contributed by atoms with van der Waals surface area (Å²) in [4.78, 5) is 19.4. The maximum atomic E-state index is 12.7. The van der Waals surface area contributed by atoms with Crippen molar-refractivity contribution in [3.63, 3.8) is 0 Å². The van der Waals surface area contributed by atoms with Crippen LogP contribution in [-0.2, 0) is 11.2 Å². The molecule has 122 valence electrons. The van der Waals surface area contributed by atoms with E-state index in [9.17, 15) is 4.79 Å². The zero-order chi connectivity index (χ0) is 16.1. The van der Waals surface area contributed by atoms with Crippen molar-refractivity contribution < 1.29 is 4.79 Å². The van der Waals surface area contributed by atoms with Crippen LogP contribution in [0.15, 0.2) is 35.7 Å². The third-order valence-corrected chi connectivity index (χ3v) is 5.52. The second-order valence-electron chi connectivity index (χ2n) is 6.16. The zero-order valence-electron chi connectivity index (χ0n) is 13.7. The Bertz CT molecular complexity index is 632. The highest BCUT2D eigenvalue weighted by Gasteiger charge is 2.24. The molecule has 1 fully saturated rings. The van der Waals surface area contributed by atoms with Crippen LogP contribution in [0.4, 0.5) is 0 Å². The minimum absolute atomic E-state index is 0.226. The third-order valence-electron chi connectivity index (χ3n) is 4.58. The molecule has 1 aliphatic carbocycles. The van der Waals surface area contributed by atoms with Crippen molar-refractivity contribution in [1.82, 2.24) is 9.88 Å². The molecule has 0 N–H and O–H groups in total. The maximum absolute atomic E-state index is 12.7. The van der Waals surface area contributed by atoms with Crippen molar-refractivity contribution in [2.45, 2.75) is 51.5 Å². The lowest BCUT2D eigenvalue weighted by atomic mass is 9.94. The topological polar surface area (TPSA) is 33.2 Å². The summed E-state index contributed by atoms with van der Waals surface area (Å²) in [7, 11) is 0. The first-order valence-corrected chi connectivity index (χ1v) is 9.45. The minimum atomic E-state index is 0.226. The Morgan fingerprint density at radius 1 is 1.22 bits per heavy atom. The van der Waals surface area contributed by atoms with Gasteiger partial charge >= 0.3 is 0 Å². The molecule has 1 amide bonds. The van der Waals surface area contributed by atoms with Crippen molar-refractivity contribution in [3.05, 3.63) is 41.4 Å². The van der Waals surface area contributed by atoms with Crippen molar-refractivity contribution in [2.24, 2.45) is 0 Å². The Kier molecular flexibility index (Phi) is 5.44. The first-order valence-electron chi connectivity index (χ1n) is 8.57. The lowest BCUT2D eigenvalue weighted by Gasteiger charge is -2.33. The Hall–Kier alpha value is -1.68. The van der Waals surface area contributed by atoms with Crippen LogP contribution < -0.4 is 0 Å². The van der Waals surface area contributed by atoms with Gasteiger partial charge < -0.3 is 4.90 Å². The number of hydrogen-bond donors (Lipinski definition) is 0. The molecule has 0 radical (unpaired) electrons. The van der Waals surface area contributed by atoms with E-state index >= 15 is 0 Å². The molecule has 0 unspecified atom stereocenters. The third kappa shape index (κ3) is 3.99. The molecular formula is C19H24N2OS. The van der Waals surface area contributed by atoms with Gasteiger partial charge in [0, 0.05) is 23.5 Å². The number of rotatable bonds is 5. The second kappa shape index (κ2) is 7.73. The molecule has 4 heteroatoms. The number of nitrogens with zero attached hydrogens (tertiary/aromatic N) is 2. The molecule has 1 aliphatic rings. The van der Waals surface area contributed by atoms with Crippen LogP contribution >= 0.6 is 11.3 Å². The molecule has 0 spiro atoms. The standard InChI is InChI=1S/C19H24N2OS/c1-2-21(17-11-7-4-8-12-17)18(22)13-16-14-23-19(20-16)15-9-5-3-6-10-15/h3,5-6,9-10,14,17H,2,4,7-8,11-13H2,1H3. The van der Waals surface area contributed by atoms with E-state index < -0.39 is 0 Å². The average molecular weight is 328 g/mol. The van der Waals surface area contributed by atoms with Crippen LogP contribution in [0.1, 0.15) is 44.7 Å². The SMILES string of the molecule is CCN(C(=O)Cc1csc(-c2ccccc2)n1)C1CCCCC1. The second-order valence-corrected chi connectivity index (χ2v) is 7.02. The van der Waals surface area contributed by atoms with Gasteiger partial charge in [-0.1, -0.05) is 49.6 Å². The van der Waals surface area contributed by atoms with Crippen LogP contribution in [0.5, 0.6) is 0 Å². The lowest BCUT2D eigenvalue weighted by molar-refractivity contribution is -0.133. The van der Waals surface area contributed by atoms with Gasteiger partial charge in [-0.15, -0.1) is 11.3 Å². The summed E-state index contributed by atoms with van der Waals surface area (Å²) >= 11 is 1.62. The summed E-state index contributed by atoms with van der Waals surface area (Å²) in [6.07, 6.45) is 6.56. The molecule has 2 aromatic rings. The molecule has 0 aliphatic heterocycles. The van der Waals surface area contributed by atoms with Crippen LogP contribution in [0.3, 0.4) is 0 Å². The normalized spacial score (nSPS) is 15.5. The molecule has 1 aromatic carbocycles. The first kappa shape index (κ1) is 16.2. The molecule has 1 heterocycles. The van der Waals surface area contributed by atoms with Gasteiger partial charge in [-0.25, -0.2) is 4.98 Å². The van der Waals surface area contributed by atoms with Gasteiger partial charge in [0.25, 0.3) is 0 Å². The van der Waals surface area contributed by atoms with Gasteiger partial charge in [0.05, 0.1) is 12.1 Å². The fraction of sp³-hybridized carbons (Fsp3) is 0.474.